The van der Waals surface area contributed by atoms with Gasteiger partial charge >= 0.3 is 0 Å². The van der Waals surface area contributed by atoms with Crippen molar-refractivity contribution in [1.82, 2.24) is 10.2 Å². The Morgan fingerprint density at radius 2 is 2.06 bits per heavy atom. The Morgan fingerprint density at radius 1 is 1.44 bits per heavy atom. The van der Waals surface area contributed by atoms with Crippen LogP contribution in [0.5, 0.6) is 0 Å². The van der Waals surface area contributed by atoms with Crippen LogP contribution in [0.3, 0.4) is 0 Å². The zero-order chi connectivity index (χ0) is 12.2. The summed E-state index contributed by atoms with van der Waals surface area (Å²) in [5.41, 5.74) is 0.258. The van der Waals surface area contributed by atoms with Crippen molar-refractivity contribution in [3.05, 3.63) is 0 Å². The molecule has 1 rings (SSSR count). The number of aliphatic hydroxyl groups excluding tert-OH is 1. The summed E-state index contributed by atoms with van der Waals surface area (Å²) in [7, 11) is 0. The standard InChI is InChI=1S/C13H28N2O/c1-5-14-11(2)13(3,4)10-15(8-9-16)12-6-7-12/h11-12,14,16H,5-10H2,1-4H3. The summed E-state index contributed by atoms with van der Waals surface area (Å²) in [5, 5.41) is 12.6. The average molecular weight is 228 g/mol. The second-order valence-corrected chi connectivity index (χ2v) is 5.69. The van der Waals surface area contributed by atoms with Crippen LogP contribution in [0.4, 0.5) is 0 Å². The summed E-state index contributed by atoms with van der Waals surface area (Å²) in [6.07, 6.45) is 2.62. The Bertz CT molecular complexity index is 202. The monoisotopic (exact) mass is 228 g/mol. The predicted octanol–water partition coefficient (Wildman–Crippen LogP) is 1.47. The van der Waals surface area contributed by atoms with Gasteiger partial charge in [0.2, 0.25) is 0 Å². The van der Waals surface area contributed by atoms with Crippen LogP contribution in [0.15, 0.2) is 0 Å². The van der Waals surface area contributed by atoms with E-state index >= 15 is 0 Å². The van der Waals surface area contributed by atoms with Gasteiger partial charge in [0.15, 0.2) is 0 Å². The lowest BCUT2D eigenvalue weighted by molar-refractivity contribution is 0.115. The highest BCUT2D eigenvalue weighted by atomic mass is 16.3. The summed E-state index contributed by atoms with van der Waals surface area (Å²) in [6.45, 7) is 12.2. The molecule has 1 unspecified atom stereocenters. The Labute approximate surface area is 100 Å². The zero-order valence-corrected chi connectivity index (χ0v) is 11.3. The summed E-state index contributed by atoms with van der Waals surface area (Å²) in [5.74, 6) is 0. The summed E-state index contributed by atoms with van der Waals surface area (Å²) in [6, 6.07) is 1.25. The van der Waals surface area contributed by atoms with E-state index in [-0.39, 0.29) is 12.0 Å². The van der Waals surface area contributed by atoms with Gasteiger partial charge in [-0.2, -0.15) is 0 Å². The molecule has 0 heterocycles. The molecule has 0 saturated heterocycles. The predicted molar refractivity (Wildman–Crippen MR) is 68.6 cm³/mol. The number of hydrogen-bond acceptors (Lipinski definition) is 3. The number of nitrogens with zero attached hydrogens (tertiary/aromatic N) is 1. The molecule has 1 aliphatic rings. The molecule has 3 nitrogen and oxygen atoms in total. The minimum absolute atomic E-state index is 0.258. The first-order valence-corrected chi connectivity index (χ1v) is 6.59. The Morgan fingerprint density at radius 3 is 2.50 bits per heavy atom. The fraction of sp³-hybridized carbons (Fsp3) is 1.00. The van der Waals surface area contributed by atoms with Crippen LogP contribution >= 0.6 is 0 Å². The van der Waals surface area contributed by atoms with Crippen LogP contribution in [-0.2, 0) is 0 Å². The maximum atomic E-state index is 9.09. The highest BCUT2D eigenvalue weighted by molar-refractivity contribution is 4.90. The molecule has 0 spiro atoms. The van der Waals surface area contributed by atoms with Crippen LogP contribution in [0.2, 0.25) is 0 Å². The molecular formula is C13H28N2O. The topological polar surface area (TPSA) is 35.5 Å². The van der Waals surface area contributed by atoms with Crippen molar-refractivity contribution in [2.24, 2.45) is 5.41 Å². The molecule has 1 aliphatic carbocycles. The van der Waals surface area contributed by atoms with Crippen molar-refractivity contribution >= 4 is 0 Å². The van der Waals surface area contributed by atoms with Gasteiger partial charge in [-0.15, -0.1) is 0 Å². The average Bonchev–Trinajstić information content (AvgIpc) is 3.00. The van der Waals surface area contributed by atoms with Crippen LogP contribution in [0, 0.1) is 5.41 Å². The number of nitrogens with one attached hydrogen (secondary N) is 1. The Kier molecular flexibility index (Phi) is 5.22. The fourth-order valence-electron chi connectivity index (χ4n) is 2.20. The maximum absolute atomic E-state index is 9.09. The van der Waals surface area contributed by atoms with E-state index in [4.69, 9.17) is 5.11 Å². The van der Waals surface area contributed by atoms with Gasteiger partial charge < -0.3 is 10.4 Å². The highest BCUT2D eigenvalue weighted by Crippen LogP contribution is 2.31. The number of hydrogen-bond donors (Lipinski definition) is 2. The van der Waals surface area contributed by atoms with Gasteiger partial charge in [-0.05, 0) is 31.7 Å². The minimum atomic E-state index is 0.258. The normalized spacial score (nSPS) is 19.1. The van der Waals surface area contributed by atoms with Gasteiger partial charge in [0.25, 0.3) is 0 Å². The molecule has 0 radical (unpaired) electrons. The summed E-state index contributed by atoms with van der Waals surface area (Å²) < 4.78 is 0. The van der Waals surface area contributed by atoms with Gasteiger partial charge in [-0.1, -0.05) is 20.8 Å². The van der Waals surface area contributed by atoms with E-state index in [0.29, 0.717) is 6.04 Å². The molecule has 2 N–H and O–H groups in total. The SMILES string of the molecule is CCNC(C)C(C)(C)CN(CCO)C1CC1. The Hall–Kier alpha value is -0.120. The van der Waals surface area contributed by atoms with E-state index in [9.17, 15) is 0 Å². The molecule has 96 valence electrons. The van der Waals surface area contributed by atoms with Gasteiger partial charge in [0.05, 0.1) is 6.61 Å². The van der Waals surface area contributed by atoms with E-state index < -0.39 is 0 Å². The third-order valence-electron chi connectivity index (χ3n) is 3.74. The first-order chi connectivity index (χ1) is 7.51. The van der Waals surface area contributed by atoms with E-state index in [1.54, 1.807) is 0 Å². The molecule has 0 aliphatic heterocycles. The zero-order valence-electron chi connectivity index (χ0n) is 11.3. The van der Waals surface area contributed by atoms with E-state index in [1.807, 2.05) is 0 Å². The number of rotatable bonds is 8. The molecule has 3 heteroatoms. The van der Waals surface area contributed by atoms with Crippen LogP contribution in [-0.4, -0.2) is 48.3 Å². The van der Waals surface area contributed by atoms with Crippen molar-refractivity contribution < 1.29 is 5.11 Å². The lowest BCUT2D eigenvalue weighted by Gasteiger charge is -2.37. The summed E-state index contributed by atoms with van der Waals surface area (Å²) in [4.78, 5) is 2.45. The first-order valence-electron chi connectivity index (χ1n) is 6.59. The molecule has 1 saturated carbocycles. The maximum Gasteiger partial charge on any atom is 0.0558 e. The van der Waals surface area contributed by atoms with Gasteiger partial charge in [0.1, 0.15) is 0 Å². The second-order valence-electron chi connectivity index (χ2n) is 5.69. The molecule has 16 heavy (non-hydrogen) atoms. The molecule has 0 aromatic heterocycles. The molecule has 0 amide bonds. The van der Waals surface area contributed by atoms with Crippen LogP contribution < -0.4 is 5.32 Å². The fourth-order valence-corrected chi connectivity index (χ4v) is 2.20. The van der Waals surface area contributed by atoms with Crippen molar-refractivity contribution in [2.45, 2.75) is 52.6 Å². The Balaban J connectivity index is 2.47. The quantitative estimate of drug-likeness (QED) is 0.660. The van der Waals surface area contributed by atoms with Crippen LogP contribution in [0.1, 0.15) is 40.5 Å². The van der Waals surface area contributed by atoms with E-state index in [2.05, 4.69) is 37.9 Å². The molecule has 0 bridgehead atoms. The van der Waals surface area contributed by atoms with E-state index in [0.717, 1.165) is 25.7 Å². The van der Waals surface area contributed by atoms with Gasteiger partial charge in [-0.3, -0.25) is 4.90 Å². The minimum Gasteiger partial charge on any atom is -0.395 e. The van der Waals surface area contributed by atoms with Crippen LogP contribution in [0.25, 0.3) is 0 Å². The van der Waals surface area contributed by atoms with E-state index in [1.165, 1.54) is 12.8 Å². The molecule has 1 atom stereocenters. The summed E-state index contributed by atoms with van der Waals surface area (Å²) >= 11 is 0. The third-order valence-corrected chi connectivity index (χ3v) is 3.74. The van der Waals surface area contributed by atoms with Crippen molar-refractivity contribution in [1.29, 1.82) is 0 Å². The number of aliphatic hydroxyl groups is 1. The lowest BCUT2D eigenvalue weighted by Crippen LogP contribution is -2.48. The first kappa shape index (κ1) is 13.9. The lowest BCUT2D eigenvalue weighted by atomic mass is 9.84. The highest BCUT2D eigenvalue weighted by Gasteiger charge is 2.34. The van der Waals surface area contributed by atoms with Crippen molar-refractivity contribution in [2.75, 3.05) is 26.2 Å². The van der Waals surface area contributed by atoms with Gasteiger partial charge in [0, 0.05) is 25.2 Å². The molecular weight excluding hydrogens is 200 g/mol. The van der Waals surface area contributed by atoms with Crippen molar-refractivity contribution in [3.63, 3.8) is 0 Å². The van der Waals surface area contributed by atoms with Gasteiger partial charge in [-0.25, -0.2) is 0 Å². The largest absolute Gasteiger partial charge is 0.395 e. The second kappa shape index (κ2) is 5.99. The smallest absolute Gasteiger partial charge is 0.0558 e. The molecule has 0 aromatic rings. The molecule has 0 aromatic carbocycles. The van der Waals surface area contributed by atoms with Crippen molar-refractivity contribution in [3.8, 4) is 0 Å². The molecule has 1 fully saturated rings. The third kappa shape index (κ3) is 4.04.